The number of amidine groups is 1. The van der Waals surface area contributed by atoms with E-state index in [0.29, 0.717) is 17.0 Å². The van der Waals surface area contributed by atoms with Crippen molar-refractivity contribution in [3.8, 4) is 0 Å². The lowest BCUT2D eigenvalue weighted by molar-refractivity contribution is -0.113. The van der Waals surface area contributed by atoms with Crippen LogP contribution >= 0.6 is 11.8 Å². The molecular weight excluding hydrogens is 482 g/mol. The molecule has 1 fully saturated rings. The van der Waals surface area contributed by atoms with Crippen LogP contribution in [0.15, 0.2) is 95.1 Å². The molecule has 2 aliphatic heterocycles. The van der Waals surface area contributed by atoms with Crippen LogP contribution in [0.25, 0.3) is 0 Å². The molecule has 1 saturated heterocycles. The first-order chi connectivity index (χ1) is 18.0. The van der Waals surface area contributed by atoms with Crippen LogP contribution in [0.2, 0.25) is 0 Å². The largest absolute Gasteiger partial charge is 0.340 e. The molecule has 1 atom stereocenters. The molecule has 188 valence electrons. The molecule has 7 nitrogen and oxygen atoms in total. The Hall–Kier alpha value is -4.04. The minimum atomic E-state index is -0.323. The molecule has 0 saturated carbocycles. The number of urea groups is 1. The Morgan fingerprint density at radius 1 is 0.865 bits per heavy atom. The number of carbonyl (C=O) groups excluding carboxylic acids is 2. The summed E-state index contributed by atoms with van der Waals surface area (Å²) >= 11 is 1.71. The summed E-state index contributed by atoms with van der Waals surface area (Å²) in [6, 6.07) is 24.1. The van der Waals surface area contributed by atoms with Crippen molar-refractivity contribution in [2.24, 2.45) is 4.99 Å². The smallest absolute Gasteiger partial charge is 0.323 e. The third-order valence-electron chi connectivity index (χ3n) is 6.27. The average molecular weight is 512 g/mol. The van der Waals surface area contributed by atoms with Gasteiger partial charge in [0.15, 0.2) is 5.17 Å². The van der Waals surface area contributed by atoms with E-state index in [-0.39, 0.29) is 18.0 Å². The van der Waals surface area contributed by atoms with Crippen LogP contribution in [0.3, 0.4) is 0 Å². The Kier molecular flexibility index (Phi) is 7.28. The van der Waals surface area contributed by atoms with E-state index in [9.17, 15) is 9.59 Å². The second kappa shape index (κ2) is 10.9. The molecule has 2 heterocycles. The Balaban J connectivity index is 1.43. The summed E-state index contributed by atoms with van der Waals surface area (Å²) in [5, 5.41) is 9.78. The van der Waals surface area contributed by atoms with E-state index in [1.54, 1.807) is 11.8 Å². The van der Waals surface area contributed by atoms with E-state index in [1.807, 2.05) is 92.7 Å². The number of hydrogen-bond acceptors (Lipinski definition) is 5. The van der Waals surface area contributed by atoms with Crippen molar-refractivity contribution >= 4 is 45.9 Å². The number of carbonyl (C=O) groups is 2. The summed E-state index contributed by atoms with van der Waals surface area (Å²) in [7, 11) is 0. The van der Waals surface area contributed by atoms with Gasteiger partial charge in [-0.2, -0.15) is 0 Å². The van der Waals surface area contributed by atoms with E-state index < -0.39 is 0 Å². The number of amides is 3. The van der Waals surface area contributed by atoms with Gasteiger partial charge in [-0.15, -0.1) is 0 Å². The Morgan fingerprint density at radius 3 is 2.32 bits per heavy atom. The van der Waals surface area contributed by atoms with Gasteiger partial charge < -0.3 is 20.9 Å². The number of nitrogens with zero attached hydrogens (tertiary/aromatic N) is 2. The summed E-state index contributed by atoms with van der Waals surface area (Å²) in [4.78, 5) is 33.3. The molecule has 2 aliphatic rings. The van der Waals surface area contributed by atoms with E-state index in [4.69, 9.17) is 4.99 Å². The molecule has 8 heteroatoms. The lowest BCUT2D eigenvalue weighted by Gasteiger charge is -2.41. The second-order valence-electron chi connectivity index (χ2n) is 9.09. The molecule has 0 aromatic heterocycles. The van der Waals surface area contributed by atoms with E-state index in [0.717, 1.165) is 46.4 Å². The van der Waals surface area contributed by atoms with Gasteiger partial charge in [0.1, 0.15) is 0 Å². The zero-order valence-electron chi connectivity index (χ0n) is 20.8. The molecule has 3 aromatic rings. The van der Waals surface area contributed by atoms with E-state index in [1.165, 1.54) is 0 Å². The minimum Gasteiger partial charge on any atom is -0.340 e. The van der Waals surface area contributed by atoms with Crippen molar-refractivity contribution in [1.29, 1.82) is 0 Å². The summed E-state index contributed by atoms with van der Waals surface area (Å²) in [6.45, 7) is 4.68. The maximum absolute atomic E-state index is 13.6. The Labute approximate surface area is 221 Å². The lowest BCUT2D eigenvalue weighted by atomic mass is 9.93. The molecule has 5 rings (SSSR count). The number of hydrogen-bond donors (Lipinski definition) is 3. The van der Waals surface area contributed by atoms with Crippen LogP contribution in [0, 0.1) is 6.92 Å². The average Bonchev–Trinajstić information content (AvgIpc) is 2.88. The number of aliphatic imine (C=N–C) groups is 1. The predicted molar refractivity (Wildman–Crippen MR) is 152 cm³/mol. The van der Waals surface area contributed by atoms with Gasteiger partial charge in [0.2, 0.25) is 0 Å². The molecule has 1 unspecified atom stereocenters. The molecule has 37 heavy (non-hydrogen) atoms. The summed E-state index contributed by atoms with van der Waals surface area (Å²) < 4.78 is 0. The SMILES string of the molecule is CC1=C(C(=O)Nc2ccccc2)C(c2cccc(NC(=O)Nc3cccc(C)c3)c2)N2CCCSC2=N1. The summed E-state index contributed by atoms with van der Waals surface area (Å²) in [5.74, 6) is 0.823. The van der Waals surface area contributed by atoms with Crippen LogP contribution in [-0.4, -0.2) is 34.3 Å². The van der Waals surface area contributed by atoms with Gasteiger partial charge in [0.05, 0.1) is 17.3 Å². The van der Waals surface area contributed by atoms with Crippen LogP contribution in [0.5, 0.6) is 0 Å². The van der Waals surface area contributed by atoms with Crippen LogP contribution < -0.4 is 16.0 Å². The Morgan fingerprint density at radius 2 is 1.57 bits per heavy atom. The maximum atomic E-state index is 13.6. The van der Waals surface area contributed by atoms with Crippen LogP contribution in [-0.2, 0) is 4.79 Å². The predicted octanol–water partition coefficient (Wildman–Crippen LogP) is 6.40. The number of aryl methyl sites for hydroxylation is 1. The van der Waals surface area contributed by atoms with E-state index in [2.05, 4.69) is 20.9 Å². The second-order valence-corrected chi connectivity index (χ2v) is 10.1. The number of rotatable bonds is 5. The molecule has 3 amide bonds. The molecular formula is C29H29N5O2S. The number of anilines is 3. The number of allylic oxidation sites excluding steroid dienone is 1. The van der Waals surface area contributed by atoms with Crippen molar-refractivity contribution in [2.45, 2.75) is 26.3 Å². The third-order valence-corrected chi connectivity index (χ3v) is 7.35. The van der Waals surface area contributed by atoms with Crippen LogP contribution in [0.4, 0.5) is 21.9 Å². The van der Waals surface area contributed by atoms with Crippen molar-refractivity contribution in [2.75, 3.05) is 28.2 Å². The summed E-state index contributed by atoms with van der Waals surface area (Å²) in [6.07, 6.45) is 1.00. The minimum absolute atomic E-state index is 0.178. The van der Waals surface area contributed by atoms with Gasteiger partial charge >= 0.3 is 6.03 Å². The third kappa shape index (κ3) is 5.70. The highest BCUT2D eigenvalue weighted by molar-refractivity contribution is 8.13. The van der Waals surface area contributed by atoms with Gasteiger partial charge in [0, 0.05) is 29.4 Å². The van der Waals surface area contributed by atoms with Gasteiger partial charge in [-0.25, -0.2) is 9.79 Å². The summed E-state index contributed by atoms with van der Waals surface area (Å²) in [5.41, 5.74) is 5.41. The number of benzene rings is 3. The van der Waals surface area contributed by atoms with Crippen molar-refractivity contribution in [3.63, 3.8) is 0 Å². The molecule has 0 bridgehead atoms. The lowest BCUT2D eigenvalue weighted by Crippen LogP contribution is -2.43. The van der Waals surface area contributed by atoms with Gasteiger partial charge in [-0.3, -0.25) is 4.79 Å². The number of fused-ring (bicyclic) bond motifs is 1. The highest BCUT2D eigenvalue weighted by Gasteiger charge is 2.37. The topological polar surface area (TPSA) is 85.8 Å². The van der Waals surface area contributed by atoms with Crippen molar-refractivity contribution in [1.82, 2.24) is 4.90 Å². The van der Waals surface area contributed by atoms with E-state index >= 15 is 0 Å². The first-order valence-corrected chi connectivity index (χ1v) is 13.3. The quantitative estimate of drug-likeness (QED) is 0.370. The van der Waals surface area contributed by atoms with Gasteiger partial charge in [0.25, 0.3) is 5.91 Å². The monoisotopic (exact) mass is 511 g/mol. The number of nitrogens with one attached hydrogen (secondary N) is 3. The fourth-order valence-corrected chi connectivity index (χ4v) is 5.65. The first-order valence-electron chi connectivity index (χ1n) is 12.3. The van der Waals surface area contributed by atoms with Gasteiger partial charge in [-0.05, 0) is 67.8 Å². The fraction of sp³-hybridized carbons (Fsp3) is 0.207. The zero-order chi connectivity index (χ0) is 25.8. The normalized spacial score (nSPS) is 17.0. The fourth-order valence-electron chi connectivity index (χ4n) is 4.63. The zero-order valence-corrected chi connectivity index (χ0v) is 21.6. The highest BCUT2D eigenvalue weighted by atomic mass is 32.2. The molecule has 0 spiro atoms. The first kappa shape index (κ1) is 24.6. The highest BCUT2D eigenvalue weighted by Crippen LogP contribution is 2.40. The number of thioether (sulfide) groups is 1. The molecule has 3 aromatic carbocycles. The number of para-hydroxylation sites is 1. The molecule has 3 N–H and O–H groups in total. The maximum Gasteiger partial charge on any atom is 0.323 e. The van der Waals surface area contributed by atoms with Crippen LogP contribution in [0.1, 0.15) is 30.5 Å². The molecule has 0 aliphatic carbocycles. The Bertz CT molecular complexity index is 1390. The van der Waals surface area contributed by atoms with Gasteiger partial charge in [-0.1, -0.05) is 54.2 Å². The standard InChI is InChI=1S/C29H29N5O2S/c1-19-9-6-13-23(17-19)32-28(36)33-24-14-7-10-21(18-24)26-25(27(35)31-22-11-4-3-5-12-22)20(2)30-29-34(26)15-8-16-37-29/h3-7,9-14,17-18,26H,8,15-16H2,1-2H3,(H,31,35)(H2,32,33,36). The van der Waals surface area contributed by atoms with Crippen molar-refractivity contribution in [3.05, 3.63) is 101 Å². The van der Waals surface area contributed by atoms with Crippen molar-refractivity contribution < 1.29 is 9.59 Å². The molecule has 0 radical (unpaired) electrons.